The number of unbranched alkanes of at least 4 members (excludes halogenated alkanes) is 2. The average Bonchev–Trinajstić information content (AvgIpc) is 3.43. The summed E-state index contributed by atoms with van der Waals surface area (Å²) < 4.78 is 0. The molecule has 2 aromatic heterocycles. The van der Waals surface area contributed by atoms with Crippen LogP contribution in [0, 0.1) is 0 Å². The smallest absolute Gasteiger partial charge is 0.0430 e. The molecule has 0 nitrogen and oxygen atoms in total. The zero-order valence-electron chi connectivity index (χ0n) is 16.5. The monoisotopic (exact) mass is 400 g/mol. The van der Waals surface area contributed by atoms with Crippen LogP contribution in [0.3, 0.4) is 0 Å². The lowest BCUT2D eigenvalue weighted by atomic mass is 9.97. The predicted octanol–water partition coefficient (Wildman–Crippen LogP) is 8.94. The highest BCUT2D eigenvalue weighted by Gasteiger charge is 2.31. The van der Waals surface area contributed by atoms with Gasteiger partial charge in [-0.05, 0) is 59.7 Å². The fourth-order valence-electron chi connectivity index (χ4n) is 4.96. The maximum atomic E-state index is 2.47. The van der Waals surface area contributed by atoms with E-state index in [1.807, 2.05) is 22.7 Å². The van der Waals surface area contributed by atoms with Crippen LogP contribution < -0.4 is 0 Å². The Labute approximate surface area is 174 Å². The quantitative estimate of drug-likeness (QED) is 0.262. The van der Waals surface area contributed by atoms with E-state index in [1.54, 1.807) is 9.75 Å². The first-order valence-corrected chi connectivity index (χ1v) is 12.3. The van der Waals surface area contributed by atoms with Gasteiger partial charge in [0.25, 0.3) is 0 Å². The van der Waals surface area contributed by atoms with Crippen LogP contribution in [0.5, 0.6) is 0 Å². The summed E-state index contributed by atoms with van der Waals surface area (Å²) in [5, 5.41) is 3.02. The molecule has 4 aromatic rings. The second-order valence-corrected chi connectivity index (χ2v) is 10.5. The van der Waals surface area contributed by atoms with Gasteiger partial charge in [-0.2, -0.15) is 0 Å². The molecule has 0 saturated carbocycles. The lowest BCUT2D eigenvalue weighted by Crippen LogP contribution is -1.82. The Balaban J connectivity index is 1.51. The molecule has 0 aliphatic heterocycles. The summed E-state index contributed by atoms with van der Waals surface area (Å²) in [6, 6.07) is 14.5. The van der Waals surface area contributed by atoms with Crippen molar-refractivity contribution < 1.29 is 0 Å². The molecule has 0 atom stereocenters. The summed E-state index contributed by atoms with van der Waals surface area (Å²) in [5.74, 6) is 0. The van der Waals surface area contributed by atoms with Gasteiger partial charge in [0.15, 0.2) is 0 Å². The summed E-state index contributed by atoms with van der Waals surface area (Å²) in [7, 11) is 0. The maximum Gasteiger partial charge on any atom is 0.0430 e. The summed E-state index contributed by atoms with van der Waals surface area (Å²) in [6.45, 7) is 4.56. The molecule has 140 valence electrons. The third kappa shape index (κ3) is 2.22. The molecule has 2 heteroatoms. The number of aryl methyl sites for hydroxylation is 2. The van der Waals surface area contributed by atoms with Crippen LogP contribution in [0.15, 0.2) is 36.4 Å². The summed E-state index contributed by atoms with van der Waals surface area (Å²) in [6.07, 6.45) is 7.57. The van der Waals surface area contributed by atoms with E-state index in [1.165, 1.54) is 92.4 Å². The zero-order valence-corrected chi connectivity index (χ0v) is 18.2. The van der Waals surface area contributed by atoms with E-state index >= 15 is 0 Å². The SMILES string of the molecule is CCCCc1cc2c(s1)-c1ccc3c4c(ccc-2c14)-c1cc(CCCC)sc1-3. The van der Waals surface area contributed by atoms with Crippen molar-refractivity contribution in [3.8, 4) is 43.1 Å². The highest BCUT2D eigenvalue weighted by Crippen LogP contribution is 2.59. The van der Waals surface area contributed by atoms with E-state index in [0.29, 0.717) is 0 Å². The van der Waals surface area contributed by atoms with Gasteiger partial charge in [-0.15, -0.1) is 22.7 Å². The summed E-state index contributed by atoms with van der Waals surface area (Å²) >= 11 is 4.05. The normalized spacial score (nSPS) is 12.8. The fourth-order valence-corrected chi connectivity index (χ4v) is 7.44. The Morgan fingerprint density at radius 1 is 0.571 bits per heavy atom. The number of hydrogen-bond acceptors (Lipinski definition) is 2. The van der Waals surface area contributed by atoms with Crippen LogP contribution in [0.1, 0.15) is 49.3 Å². The van der Waals surface area contributed by atoms with Gasteiger partial charge >= 0.3 is 0 Å². The first-order chi connectivity index (χ1) is 13.8. The Hall–Kier alpha value is -1.90. The van der Waals surface area contributed by atoms with Gasteiger partial charge < -0.3 is 0 Å². The maximum absolute atomic E-state index is 2.47. The Kier molecular flexibility index (Phi) is 3.83. The van der Waals surface area contributed by atoms with Crippen molar-refractivity contribution in [3.63, 3.8) is 0 Å². The Morgan fingerprint density at radius 2 is 1.00 bits per heavy atom. The van der Waals surface area contributed by atoms with Gasteiger partial charge in [-0.25, -0.2) is 0 Å². The molecule has 0 fully saturated rings. The number of fused-ring (bicyclic) bond motifs is 6. The lowest BCUT2D eigenvalue weighted by Gasteiger charge is -2.07. The van der Waals surface area contributed by atoms with E-state index in [4.69, 9.17) is 0 Å². The van der Waals surface area contributed by atoms with E-state index in [-0.39, 0.29) is 0 Å². The van der Waals surface area contributed by atoms with E-state index in [9.17, 15) is 0 Å². The minimum atomic E-state index is 1.22. The Morgan fingerprint density at radius 3 is 1.43 bits per heavy atom. The van der Waals surface area contributed by atoms with Gasteiger partial charge in [0.05, 0.1) is 0 Å². The van der Waals surface area contributed by atoms with Crippen molar-refractivity contribution in [1.82, 2.24) is 0 Å². The molecule has 6 rings (SSSR count). The van der Waals surface area contributed by atoms with Crippen LogP contribution >= 0.6 is 22.7 Å². The second-order valence-electron chi connectivity index (χ2n) is 8.19. The number of hydrogen-bond donors (Lipinski definition) is 0. The van der Waals surface area contributed by atoms with Gasteiger partial charge in [-0.1, -0.05) is 51.0 Å². The molecular formula is C26H24S2. The molecule has 0 unspecified atom stereocenters. The third-order valence-corrected chi connectivity index (χ3v) is 8.81. The minimum absolute atomic E-state index is 1.22. The lowest BCUT2D eigenvalue weighted by molar-refractivity contribution is 0.804. The molecule has 2 heterocycles. The molecule has 2 aliphatic rings. The summed E-state index contributed by atoms with van der Waals surface area (Å²) in [4.78, 5) is 6.11. The van der Waals surface area contributed by atoms with Crippen LogP contribution in [0.25, 0.3) is 53.9 Å². The highest BCUT2D eigenvalue weighted by molar-refractivity contribution is 7.17. The highest BCUT2D eigenvalue weighted by atomic mass is 32.1. The van der Waals surface area contributed by atoms with Crippen molar-refractivity contribution in [3.05, 3.63) is 46.2 Å². The zero-order chi connectivity index (χ0) is 18.8. The Bertz CT molecular complexity index is 1060. The number of rotatable bonds is 6. The molecule has 0 spiro atoms. The molecule has 0 bridgehead atoms. The van der Waals surface area contributed by atoms with Crippen molar-refractivity contribution >= 4 is 33.4 Å². The predicted molar refractivity (Wildman–Crippen MR) is 126 cm³/mol. The second kappa shape index (κ2) is 6.30. The average molecular weight is 401 g/mol. The van der Waals surface area contributed by atoms with Gasteiger partial charge in [0.2, 0.25) is 0 Å². The van der Waals surface area contributed by atoms with Crippen LogP contribution in [0.2, 0.25) is 0 Å². The van der Waals surface area contributed by atoms with Crippen molar-refractivity contribution in [2.24, 2.45) is 0 Å². The fraction of sp³-hybridized carbons (Fsp3) is 0.308. The minimum Gasteiger partial charge on any atom is -0.140 e. The largest absolute Gasteiger partial charge is 0.140 e. The van der Waals surface area contributed by atoms with E-state index < -0.39 is 0 Å². The van der Waals surface area contributed by atoms with Crippen molar-refractivity contribution in [2.75, 3.05) is 0 Å². The van der Waals surface area contributed by atoms with Crippen LogP contribution in [-0.4, -0.2) is 0 Å². The first-order valence-electron chi connectivity index (χ1n) is 10.7. The molecule has 0 N–H and O–H groups in total. The van der Waals surface area contributed by atoms with E-state index in [2.05, 4.69) is 50.2 Å². The summed E-state index contributed by atoms with van der Waals surface area (Å²) in [5.41, 5.74) is 8.83. The molecule has 2 aliphatic carbocycles. The van der Waals surface area contributed by atoms with Crippen LogP contribution in [0.4, 0.5) is 0 Å². The molecular weight excluding hydrogens is 376 g/mol. The topological polar surface area (TPSA) is 0 Å². The molecule has 0 saturated heterocycles. The first kappa shape index (κ1) is 17.0. The van der Waals surface area contributed by atoms with Gasteiger partial charge in [-0.3, -0.25) is 0 Å². The number of benzene rings is 2. The third-order valence-electron chi connectivity index (χ3n) is 6.35. The molecule has 0 amide bonds. The van der Waals surface area contributed by atoms with Crippen LogP contribution in [-0.2, 0) is 12.8 Å². The van der Waals surface area contributed by atoms with Crippen molar-refractivity contribution in [1.29, 1.82) is 0 Å². The standard InChI is InChI=1S/C26H24S2/c1-3-5-7-15-13-21-17-9-10-18-22-14-16(8-6-4-2)28-26(22)20-12-11-19(25(21)27-15)23(17)24(18)20/h9-14H,3-8H2,1-2H3. The molecule has 28 heavy (non-hydrogen) atoms. The molecule has 0 radical (unpaired) electrons. The molecule has 2 aromatic carbocycles. The van der Waals surface area contributed by atoms with Gasteiger partial charge in [0, 0.05) is 41.8 Å². The van der Waals surface area contributed by atoms with E-state index in [0.717, 1.165) is 0 Å². The number of thiophene rings is 2. The van der Waals surface area contributed by atoms with Gasteiger partial charge in [0.1, 0.15) is 0 Å². The van der Waals surface area contributed by atoms with Crippen molar-refractivity contribution in [2.45, 2.75) is 52.4 Å².